The molecule has 0 aromatic rings. The molecule has 0 amide bonds. The second-order valence-corrected chi connectivity index (χ2v) is 5.57. The molecule has 5 heteroatoms. The molecule has 0 aromatic heterocycles. The Morgan fingerprint density at radius 1 is 1.22 bits per heavy atom. The van der Waals surface area contributed by atoms with Gasteiger partial charge in [-0.25, -0.2) is 0 Å². The van der Waals surface area contributed by atoms with Crippen molar-refractivity contribution in [1.82, 2.24) is 0 Å². The van der Waals surface area contributed by atoms with Crippen molar-refractivity contribution < 1.29 is 24.5 Å². The lowest BCUT2D eigenvalue weighted by atomic mass is 9.76. The standard InChI is InChI=1S/C13H24O5/c1-13(2,3)11(12(17)18-4)9(14)7-5-6-8-10(15)16/h9,11,14H,5-8H2,1-4H3,(H,15,16). The number of carbonyl (C=O) groups excluding carboxylic acids is 1. The average Bonchev–Trinajstić information content (AvgIpc) is 2.22. The number of aliphatic carboxylic acids is 1. The number of hydrogen-bond donors (Lipinski definition) is 2. The number of carboxylic acids is 1. The van der Waals surface area contributed by atoms with E-state index in [9.17, 15) is 14.7 Å². The number of carboxylic acid groups (broad SMARTS) is 1. The topological polar surface area (TPSA) is 83.8 Å². The fourth-order valence-electron chi connectivity index (χ4n) is 2.01. The molecule has 0 saturated carbocycles. The summed E-state index contributed by atoms with van der Waals surface area (Å²) in [5, 5.41) is 18.6. The Labute approximate surface area is 108 Å². The summed E-state index contributed by atoms with van der Waals surface area (Å²) < 4.78 is 4.71. The Bertz CT molecular complexity index is 280. The van der Waals surface area contributed by atoms with Gasteiger partial charge in [-0.3, -0.25) is 9.59 Å². The normalized spacial score (nSPS) is 14.9. The number of rotatable bonds is 7. The molecule has 106 valence electrons. The molecular weight excluding hydrogens is 236 g/mol. The Morgan fingerprint density at radius 2 is 1.78 bits per heavy atom. The molecule has 2 atom stereocenters. The van der Waals surface area contributed by atoms with E-state index in [1.54, 1.807) is 0 Å². The largest absolute Gasteiger partial charge is 0.481 e. The minimum atomic E-state index is -0.843. The van der Waals surface area contributed by atoms with Crippen molar-refractivity contribution >= 4 is 11.9 Å². The van der Waals surface area contributed by atoms with E-state index in [4.69, 9.17) is 9.84 Å². The van der Waals surface area contributed by atoms with Gasteiger partial charge in [0.05, 0.1) is 19.1 Å². The molecule has 0 heterocycles. The van der Waals surface area contributed by atoms with E-state index in [0.29, 0.717) is 19.3 Å². The molecule has 2 N–H and O–H groups in total. The lowest BCUT2D eigenvalue weighted by molar-refractivity contribution is -0.155. The molecule has 5 nitrogen and oxygen atoms in total. The molecule has 0 aromatic carbocycles. The predicted molar refractivity (Wildman–Crippen MR) is 67.1 cm³/mol. The molecule has 0 spiro atoms. The van der Waals surface area contributed by atoms with Crippen LogP contribution in [-0.4, -0.2) is 35.4 Å². The quantitative estimate of drug-likeness (QED) is 0.539. The van der Waals surface area contributed by atoms with Crippen LogP contribution in [0.2, 0.25) is 0 Å². The van der Waals surface area contributed by atoms with Gasteiger partial charge in [0.15, 0.2) is 0 Å². The van der Waals surface area contributed by atoms with Gasteiger partial charge in [-0.15, -0.1) is 0 Å². The second kappa shape index (κ2) is 7.36. The fraction of sp³-hybridized carbons (Fsp3) is 0.846. The van der Waals surface area contributed by atoms with E-state index in [-0.39, 0.29) is 11.8 Å². The molecule has 0 aliphatic heterocycles. The van der Waals surface area contributed by atoms with Gasteiger partial charge in [-0.2, -0.15) is 0 Å². The van der Waals surface area contributed by atoms with Gasteiger partial charge in [0.2, 0.25) is 0 Å². The number of aliphatic hydroxyl groups is 1. The first-order valence-corrected chi connectivity index (χ1v) is 6.17. The number of ether oxygens (including phenoxy) is 1. The summed E-state index contributed by atoms with van der Waals surface area (Å²) in [6, 6.07) is 0. The van der Waals surface area contributed by atoms with Crippen LogP contribution in [0.25, 0.3) is 0 Å². The third-order valence-electron chi connectivity index (χ3n) is 2.91. The molecule has 0 aliphatic rings. The third-order valence-corrected chi connectivity index (χ3v) is 2.91. The number of esters is 1. The lowest BCUT2D eigenvalue weighted by Gasteiger charge is -2.32. The van der Waals surface area contributed by atoms with E-state index in [0.717, 1.165) is 0 Å². The highest BCUT2D eigenvalue weighted by Crippen LogP contribution is 2.31. The first-order chi connectivity index (χ1) is 8.20. The number of aliphatic hydroxyl groups excluding tert-OH is 1. The van der Waals surface area contributed by atoms with Crippen LogP contribution in [0.1, 0.15) is 46.5 Å². The van der Waals surface area contributed by atoms with Crippen molar-refractivity contribution in [3.8, 4) is 0 Å². The number of carbonyl (C=O) groups is 2. The maximum Gasteiger partial charge on any atom is 0.311 e. The monoisotopic (exact) mass is 260 g/mol. The Morgan fingerprint density at radius 3 is 2.17 bits per heavy atom. The minimum Gasteiger partial charge on any atom is -0.481 e. The number of methoxy groups -OCH3 is 1. The van der Waals surface area contributed by atoms with E-state index >= 15 is 0 Å². The van der Waals surface area contributed by atoms with Crippen molar-refractivity contribution in [2.45, 2.75) is 52.6 Å². The summed E-state index contributed by atoms with van der Waals surface area (Å²) in [6.07, 6.45) is 0.780. The Kier molecular flexibility index (Phi) is 6.91. The Balaban J connectivity index is 4.36. The molecule has 0 aliphatic carbocycles. The zero-order valence-corrected chi connectivity index (χ0v) is 11.6. The average molecular weight is 260 g/mol. The predicted octanol–water partition coefficient (Wildman–Crippen LogP) is 1.83. The SMILES string of the molecule is COC(=O)C(C(O)CCCCC(=O)O)C(C)(C)C. The van der Waals surface area contributed by atoms with Gasteiger partial charge in [0.1, 0.15) is 0 Å². The summed E-state index contributed by atoms with van der Waals surface area (Å²) in [4.78, 5) is 22.0. The van der Waals surface area contributed by atoms with Crippen LogP contribution in [0.3, 0.4) is 0 Å². The van der Waals surface area contributed by atoms with Crippen LogP contribution in [0.5, 0.6) is 0 Å². The van der Waals surface area contributed by atoms with E-state index in [2.05, 4.69) is 0 Å². The first-order valence-electron chi connectivity index (χ1n) is 6.17. The molecule has 0 radical (unpaired) electrons. The van der Waals surface area contributed by atoms with Crippen LogP contribution < -0.4 is 0 Å². The van der Waals surface area contributed by atoms with Crippen LogP contribution in [-0.2, 0) is 14.3 Å². The number of unbranched alkanes of at least 4 members (excludes halogenated alkanes) is 1. The summed E-state index contributed by atoms with van der Waals surface area (Å²) in [5.74, 6) is -1.86. The van der Waals surface area contributed by atoms with E-state index < -0.39 is 24.0 Å². The molecule has 18 heavy (non-hydrogen) atoms. The van der Waals surface area contributed by atoms with E-state index in [1.165, 1.54) is 7.11 Å². The van der Waals surface area contributed by atoms with Gasteiger partial charge >= 0.3 is 11.9 Å². The van der Waals surface area contributed by atoms with Crippen LogP contribution in [0.15, 0.2) is 0 Å². The van der Waals surface area contributed by atoms with Gasteiger partial charge < -0.3 is 14.9 Å². The third kappa shape index (κ3) is 6.00. The molecule has 0 fully saturated rings. The summed E-state index contributed by atoms with van der Waals surface area (Å²) in [5.41, 5.74) is -0.390. The van der Waals surface area contributed by atoms with Gasteiger partial charge in [-0.05, 0) is 18.3 Å². The van der Waals surface area contributed by atoms with Gasteiger partial charge in [0, 0.05) is 6.42 Å². The summed E-state index contributed by atoms with van der Waals surface area (Å²) in [6.45, 7) is 5.61. The highest BCUT2D eigenvalue weighted by molar-refractivity contribution is 5.73. The van der Waals surface area contributed by atoms with Gasteiger partial charge in [-0.1, -0.05) is 27.2 Å². The zero-order valence-electron chi connectivity index (χ0n) is 11.6. The van der Waals surface area contributed by atoms with Crippen molar-refractivity contribution in [1.29, 1.82) is 0 Å². The molecule has 0 bridgehead atoms. The maximum atomic E-state index is 11.7. The molecular formula is C13H24O5. The molecule has 0 rings (SSSR count). The molecule has 0 saturated heterocycles. The smallest absolute Gasteiger partial charge is 0.311 e. The van der Waals surface area contributed by atoms with Crippen molar-refractivity contribution in [2.24, 2.45) is 11.3 Å². The first kappa shape index (κ1) is 16.9. The van der Waals surface area contributed by atoms with Crippen molar-refractivity contribution in [2.75, 3.05) is 7.11 Å². The maximum absolute atomic E-state index is 11.7. The Hall–Kier alpha value is -1.10. The number of hydrogen-bond acceptors (Lipinski definition) is 4. The van der Waals surface area contributed by atoms with Crippen LogP contribution in [0.4, 0.5) is 0 Å². The summed E-state index contributed by atoms with van der Waals surface area (Å²) >= 11 is 0. The van der Waals surface area contributed by atoms with E-state index in [1.807, 2.05) is 20.8 Å². The summed E-state index contributed by atoms with van der Waals surface area (Å²) in [7, 11) is 1.30. The highest BCUT2D eigenvalue weighted by atomic mass is 16.5. The molecule has 2 unspecified atom stereocenters. The fourth-order valence-corrected chi connectivity index (χ4v) is 2.01. The zero-order chi connectivity index (χ0) is 14.3. The van der Waals surface area contributed by atoms with Crippen LogP contribution >= 0.6 is 0 Å². The second-order valence-electron chi connectivity index (χ2n) is 5.57. The lowest BCUT2D eigenvalue weighted by Crippen LogP contribution is -2.39. The van der Waals surface area contributed by atoms with Crippen LogP contribution in [0, 0.1) is 11.3 Å². The highest BCUT2D eigenvalue weighted by Gasteiger charge is 2.37. The van der Waals surface area contributed by atoms with Crippen molar-refractivity contribution in [3.05, 3.63) is 0 Å². The van der Waals surface area contributed by atoms with Gasteiger partial charge in [0.25, 0.3) is 0 Å². The minimum absolute atomic E-state index is 0.0884. The van der Waals surface area contributed by atoms with Crippen molar-refractivity contribution in [3.63, 3.8) is 0 Å².